The zero-order valence-electron chi connectivity index (χ0n) is 17.0. The smallest absolute Gasteiger partial charge is 0.190 e. The summed E-state index contributed by atoms with van der Waals surface area (Å²) in [6, 6.07) is 0. The number of allylic oxidation sites excluding steroid dienone is 1. The average Bonchev–Trinajstić information content (AvgIpc) is 2.76. The maximum absolute atomic E-state index is 12.9. The normalized spacial score (nSPS) is 24.7. The van der Waals surface area contributed by atoms with Crippen molar-refractivity contribution >= 4 is 17.3 Å². The molecule has 0 bridgehead atoms. The fraction of sp³-hybridized carbons (Fsp3) is 0.762. The summed E-state index contributed by atoms with van der Waals surface area (Å²) in [5.41, 5.74) is -2.63. The Morgan fingerprint density at radius 2 is 1.62 bits per heavy atom. The van der Waals surface area contributed by atoms with E-state index in [-0.39, 0.29) is 30.3 Å². The second-order valence-corrected chi connectivity index (χ2v) is 8.41. The first-order valence-electron chi connectivity index (χ1n) is 9.76. The van der Waals surface area contributed by atoms with Gasteiger partial charge in [-0.2, -0.15) is 0 Å². The van der Waals surface area contributed by atoms with E-state index in [1.165, 1.54) is 0 Å². The molecule has 2 N–H and O–H groups in total. The molecule has 0 aromatic heterocycles. The van der Waals surface area contributed by atoms with Crippen LogP contribution in [0.3, 0.4) is 0 Å². The summed E-state index contributed by atoms with van der Waals surface area (Å²) in [6.45, 7) is 11.4. The van der Waals surface area contributed by atoms with E-state index in [4.69, 9.17) is 0 Å². The molecular formula is C21H34O5. The molecule has 0 aliphatic heterocycles. The highest BCUT2D eigenvalue weighted by molar-refractivity contribution is 6.26. The lowest BCUT2D eigenvalue weighted by atomic mass is 9.79. The lowest BCUT2D eigenvalue weighted by Crippen LogP contribution is -2.47. The monoisotopic (exact) mass is 366 g/mol. The van der Waals surface area contributed by atoms with Crippen LogP contribution in [0.4, 0.5) is 0 Å². The van der Waals surface area contributed by atoms with Gasteiger partial charge in [-0.15, -0.1) is 0 Å². The van der Waals surface area contributed by atoms with Crippen molar-refractivity contribution in [1.82, 2.24) is 0 Å². The van der Waals surface area contributed by atoms with Crippen LogP contribution < -0.4 is 0 Å². The molecule has 2 unspecified atom stereocenters. The molecule has 3 atom stereocenters. The molecule has 1 rings (SSSR count). The number of aliphatic hydroxyl groups is 2. The molecule has 148 valence electrons. The Hall–Kier alpha value is -1.49. The van der Waals surface area contributed by atoms with Gasteiger partial charge in [0, 0.05) is 12.3 Å². The van der Waals surface area contributed by atoms with Crippen LogP contribution in [0.2, 0.25) is 0 Å². The number of carbonyl (C=O) groups excluding carboxylic acids is 3. The van der Waals surface area contributed by atoms with Crippen LogP contribution >= 0.6 is 0 Å². The number of carbonyl (C=O) groups is 3. The van der Waals surface area contributed by atoms with Crippen LogP contribution in [0, 0.1) is 23.7 Å². The van der Waals surface area contributed by atoms with Crippen molar-refractivity contribution in [1.29, 1.82) is 0 Å². The van der Waals surface area contributed by atoms with Crippen LogP contribution in [0.1, 0.15) is 73.6 Å². The molecule has 0 aromatic rings. The minimum Gasteiger partial charge on any atom is -0.508 e. The van der Waals surface area contributed by atoms with Crippen LogP contribution in [0.15, 0.2) is 11.3 Å². The van der Waals surface area contributed by atoms with Gasteiger partial charge in [0.05, 0.1) is 5.92 Å². The van der Waals surface area contributed by atoms with Crippen molar-refractivity contribution in [2.75, 3.05) is 0 Å². The maximum atomic E-state index is 12.9. The van der Waals surface area contributed by atoms with Gasteiger partial charge >= 0.3 is 0 Å². The quantitative estimate of drug-likeness (QED) is 0.574. The minimum absolute atomic E-state index is 0.0640. The van der Waals surface area contributed by atoms with Gasteiger partial charge in [0.2, 0.25) is 0 Å². The van der Waals surface area contributed by atoms with E-state index in [0.29, 0.717) is 19.3 Å². The first-order valence-corrected chi connectivity index (χ1v) is 9.76. The summed E-state index contributed by atoms with van der Waals surface area (Å²) in [5.74, 6) is -3.38. The molecule has 0 spiro atoms. The van der Waals surface area contributed by atoms with E-state index in [1.54, 1.807) is 6.92 Å². The predicted octanol–water partition coefficient (Wildman–Crippen LogP) is 3.79. The number of hydrogen-bond acceptors (Lipinski definition) is 5. The molecule has 0 saturated heterocycles. The highest BCUT2D eigenvalue weighted by Gasteiger charge is 2.58. The van der Waals surface area contributed by atoms with Crippen molar-refractivity contribution in [3.63, 3.8) is 0 Å². The van der Waals surface area contributed by atoms with Crippen LogP contribution in [-0.2, 0) is 14.4 Å². The molecule has 1 aliphatic carbocycles. The van der Waals surface area contributed by atoms with E-state index < -0.39 is 40.5 Å². The highest BCUT2D eigenvalue weighted by atomic mass is 16.3. The molecular weight excluding hydrogens is 332 g/mol. The van der Waals surface area contributed by atoms with E-state index in [9.17, 15) is 24.6 Å². The molecule has 5 nitrogen and oxygen atoms in total. The average molecular weight is 366 g/mol. The van der Waals surface area contributed by atoms with Crippen LogP contribution in [0.5, 0.6) is 0 Å². The zero-order valence-corrected chi connectivity index (χ0v) is 17.0. The van der Waals surface area contributed by atoms with Crippen LogP contribution in [0.25, 0.3) is 0 Å². The lowest BCUT2D eigenvalue weighted by molar-refractivity contribution is -0.145. The molecule has 0 aromatic carbocycles. The summed E-state index contributed by atoms with van der Waals surface area (Å²) < 4.78 is 0. The van der Waals surface area contributed by atoms with Gasteiger partial charge in [0.25, 0.3) is 0 Å². The van der Waals surface area contributed by atoms with Gasteiger partial charge in [-0.1, -0.05) is 48.0 Å². The Labute approximate surface area is 156 Å². The first-order chi connectivity index (χ1) is 12.0. The van der Waals surface area contributed by atoms with Crippen molar-refractivity contribution in [2.45, 2.75) is 79.2 Å². The van der Waals surface area contributed by atoms with Gasteiger partial charge in [-0.25, -0.2) is 0 Å². The molecule has 1 aliphatic rings. The summed E-state index contributed by atoms with van der Waals surface area (Å²) in [6.07, 6.45) is 2.01. The van der Waals surface area contributed by atoms with Gasteiger partial charge in [0.1, 0.15) is 11.3 Å². The number of rotatable bonds is 10. The fourth-order valence-electron chi connectivity index (χ4n) is 3.28. The molecule has 0 radical (unpaired) electrons. The van der Waals surface area contributed by atoms with Crippen LogP contribution in [-0.4, -0.2) is 33.2 Å². The second kappa shape index (κ2) is 8.94. The summed E-state index contributed by atoms with van der Waals surface area (Å²) >= 11 is 0. The third kappa shape index (κ3) is 4.43. The number of Topliss-reactive ketones (excluding diaryl/α,β-unsaturated/α-hetero) is 3. The Kier molecular flexibility index (Phi) is 7.75. The Bertz CT molecular complexity index is 587. The fourth-order valence-corrected chi connectivity index (χ4v) is 3.28. The topological polar surface area (TPSA) is 91.7 Å². The summed E-state index contributed by atoms with van der Waals surface area (Å²) in [5, 5.41) is 21.8. The van der Waals surface area contributed by atoms with Gasteiger partial charge in [-0.3, -0.25) is 14.4 Å². The van der Waals surface area contributed by atoms with E-state index in [1.807, 2.05) is 34.6 Å². The third-order valence-corrected chi connectivity index (χ3v) is 5.38. The molecule has 0 saturated carbocycles. The van der Waals surface area contributed by atoms with E-state index in [2.05, 4.69) is 0 Å². The van der Waals surface area contributed by atoms with E-state index >= 15 is 0 Å². The summed E-state index contributed by atoms with van der Waals surface area (Å²) in [4.78, 5) is 38.3. The Balaban J connectivity index is 3.31. The summed E-state index contributed by atoms with van der Waals surface area (Å²) in [7, 11) is 0. The Morgan fingerprint density at radius 1 is 1.08 bits per heavy atom. The first kappa shape index (κ1) is 22.6. The van der Waals surface area contributed by atoms with Crippen molar-refractivity contribution < 1.29 is 24.6 Å². The molecule has 0 heterocycles. The number of hydrogen-bond donors (Lipinski definition) is 2. The third-order valence-electron chi connectivity index (χ3n) is 5.38. The van der Waals surface area contributed by atoms with Gasteiger partial charge < -0.3 is 10.2 Å². The van der Waals surface area contributed by atoms with Crippen molar-refractivity contribution in [3.05, 3.63) is 11.3 Å². The predicted molar refractivity (Wildman–Crippen MR) is 101 cm³/mol. The molecule has 5 heteroatoms. The highest BCUT2D eigenvalue weighted by Crippen LogP contribution is 2.42. The van der Waals surface area contributed by atoms with Crippen molar-refractivity contribution in [2.24, 2.45) is 23.7 Å². The van der Waals surface area contributed by atoms with Crippen molar-refractivity contribution in [3.8, 4) is 0 Å². The zero-order chi connectivity index (χ0) is 20.2. The number of ketones is 3. The molecule has 26 heavy (non-hydrogen) atoms. The lowest BCUT2D eigenvalue weighted by Gasteiger charge is -2.28. The van der Waals surface area contributed by atoms with Gasteiger partial charge in [-0.05, 0) is 31.1 Å². The van der Waals surface area contributed by atoms with E-state index in [0.717, 1.165) is 0 Å². The minimum atomic E-state index is -2.26. The number of aliphatic hydroxyl groups excluding tert-OH is 1. The molecule has 0 amide bonds. The second-order valence-electron chi connectivity index (χ2n) is 8.41. The standard InChI is InChI=1S/C21H34O5/c1-7-14(6)18(23)17-19(24)15(10-8-12(2)3)21(26,20(17)25)16(22)11-9-13(4)5/h12-15,25-26H,7-11H2,1-6H3/t14?,15?,21-/m0/s1. The van der Waals surface area contributed by atoms with Gasteiger partial charge in [0.15, 0.2) is 23.0 Å². The maximum Gasteiger partial charge on any atom is 0.190 e. The largest absolute Gasteiger partial charge is 0.508 e. The Morgan fingerprint density at radius 3 is 2.08 bits per heavy atom. The molecule has 0 fully saturated rings. The SMILES string of the molecule is CCC(C)C(=O)C1=C(O)[C@@](O)(C(=O)CCC(C)C)C(CCC(C)C)C1=O.